The first-order valence-corrected chi connectivity index (χ1v) is 10.6. The number of anilines is 2. The largest absolute Gasteiger partial charge is 0.491 e. The Morgan fingerprint density at radius 2 is 1.69 bits per heavy atom. The van der Waals surface area contributed by atoms with Gasteiger partial charge in [-0.15, -0.1) is 0 Å². The third-order valence-corrected chi connectivity index (χ3v) is 5.57. The molecule has 0 saturated carbocycles. The highest BCUT2D eigenvalue weighted by Gasteiger charge is 2.36. The van der Waals surface area contributed by atoms with E-state index in [0.29, 0.717) is 33.8 Å². The molecule has 6 nitrogen and oxygen atoms in total. The Bertz CT molecular complexity index is 1190. The minimum absolute atomic E-state index is 0.0393. The first kappa shape index (κ1) is 21.6. The molecule has 0 aliphatic carbocycles. The summed E-state index contributed by atoms with van der Waals surface area (Å²) in [4.78, 5) is 39.2. The number of imide groups is 1. The van der Waals surface area contributed by atoms with Crippen LogP contribution in [0.25, 0.3) is 0 Å². The van der Waals surface area contributed by atoms with Gasteiger partial charge in [-0.05, 0) is 61.9 Å². The Hall–Kier alpha value is -3.64. The monoisotopic (exact) mass is 448 g/mol. The van der Waals surface area contributed by atoms with Crippen molar-refractivity contribution in [1.82, 2.24) is 0 Å². The summed E-state index contributed by atoms with van der Waals surface area (Å²) >= 11 is 6.38. The van der Waals surface area contributed by atoms with Crippen LogP contribution < -0.4 is 15.0 Å². The molecule has 0 spiro atoms. The Balaban J connectivity index is 1.53. The lowest BCUT2D eigenvalue weighted by atomic mass is 10.1. The quantitative estimate of drug-likeness (QED) is 0.500. The molecule has 3 aromatic carbocycles. The summed E-state index contributed by atoms with van der Waals surface area (Å²) in [7, 11) is 0. The molecule has 162 valence electrons. The second kappa shape index (κ2) is 8.85. The summed E-state index contributed by atoms with van der Waals surface area (Å²) in [5.41, 5.74) is 1.83. The lowest BCUT2D eigenvalue weighted by molar-refractivity contribution is 0.0924. The van der Waals surface area contributed by atoms with E-state index in [4.69, 9.17) is 16.3 Å². The predicted molar refractivity (Wildman–Crippen MR) is 124 cm³/mol. The molecule has 0 fully saturated rings. The van der Waals surface area contributed by atoms with Crippen LogP contribution in [0.2, 0.25) is 5.02 Å². The fourth-order valence-electron chi connectivity index (χ4n) is 3.39. The van der Waals surface area contributed by atoms with Crippen molar-refractivity contribution in [3.05, 3.63) is 88.4 Å². The van der Waals surface area contributed by atoms with Gasteiger partial charge >= 0.3 is 0 Å². The maximum Gasteiger partial charge on any atom is 0.266 e. The molecule has 3 amide bonds. The second-order valence-corrected chi connectivity index (χ2v) is 7.88. The third-order valence-electron chi connectivity index (χ3n) is 5.26. The molecule has 1 atom stereocenters. The standard InChI is InChI=1S/C25H21ClN2O4/c1-3-15(2)32-18-8-6-7-16(13-18)23(29)27-22-12-11-17(14-21(22)26)28-24(30)19-9-4-5-10-20(19)25(28)31/h4-15H,3H2,1-2H3,(H,27,29)/t15-/m0/s1. The van der Waals surface area contributed by atoms with Crippen LogP contribution in [0.4, 0.5) is 11.4 Å². The lowest BCUT2D eigenvalue weighted by Gasteiger charge is -2.16. The zero-order chi connectivity index (χ0) is 22.8. The van der Waals surface area contributed by atoms with Crippen molar-refractivity contribution in [1.29, 1.82) is 0 Å². The molecule has 0 unspecified atom stereocenters. The average molecular weight is 449 g/mol. The molecule has 0 saturated heterocycles. The number of hydrogen-bond acceptors (Lipinski definition) is 4. The van der Waals surface area contributed by atoms with Crippen LogP contribution in [-0.2, 0) is 0 Å². The van der Waals surface area contributed by atoms with Crippen LogP contribution in [0, 0.1) is 0 Å². The number of hydrogen-bond donors (Lipinski definition) is 1. The molecule has 32 heavy (non-hydrogen) atoms. The molecule has 1 heterocycles. The first-order valence-electron chi connectivity index (χ1n) is 10.2. The summed E-state index contributed by atoms with van der Waals surface area (Å²) in [6, 6.07) is 18.2. The fraction of sp³-hybridized carbons (Fsp3) is 0.160. The van der Waals surface area contributed by atoms with E-state index >= 15 is 0 Å². The van der Waals surface area contributed by atoms with Gasteiger partial charge < -0.3 is 10.1 Å². The van der Waals surface area contributed by atoms with E-state index in [0.717, 1.165) is 11.3 Å². The molecular weight excluding hydrogens is 428 g/mol. The first-order chi connectivity index (χ1) is 15.4. The number of nitrogens with zero attached hydrogens (tertiary/aromatic N) is 1. The van der Waals surface area contributed by atoms with Gasteiger partial charge in [-0.25, -0.2) is 4.90 Å². The molecule has 1 aliphatic rings. The van der Waals surface area contributed by atoms with Gasteiger partial charge in [0.15, 0.2) is 0 Å². The van der Waals surface area contributed by atoms with Gasteiger partial charge in [0, 0.05) is 5.56 Å². The van der Waals surface area contributed by atoms with E-state index in [1.807, 2.05) is 13.8 Å². The number of ether oxygens (including phenoxy) is 1. The topological polar surface area (TPSA) is 75.7 Å². The van der Waals surface area contributed by atoms with Crippen LogP contribution in [0.1, 0.15) is 51.3 Å². The number of carbonyl (C=O) groups excluding carboxylic acids is 3. The van der Waals surface area contributed by atoms with Crippen LogP contribution >= 0.6 is 11.6 Å². The highest BCUT2D eigenvalue weighted by atomic mass is 35.5. The second-order valence-electron chi connectivity index (χ2n) is 7.47. The van der Waals surface area contributed by atoms with Gasteiger partial charge in [0.25, 0.3) is 17.7 Å². The number of rotatable bonds is 6. The number of carbonyl (C=O) groups is 3. The molecule has 0 bridgehead atoms. The van der Waals surface area contributed by atoms with Gasteiger partial charge in [0.05, 0.1) is 33.6 Å². The maximum atomic E-state index is 12.7. The zero-order valence-corrected chi connectivity index (χ0v) is 18.3. The van der Waals surface area contributed by atoms with Crippen molar-refractivity contribution in [2.45, 2.75) is 26.4 Å². The molecule has 7 heteroatoms. The fourth-order valence-corrected chi connectivity index (χ4v) is 3.61. The van der Waals surface area contributed by atoms with E-state index < -0.39 is 11.8 Å². The summed E-state index contributed by atoms with van der Waals surface area (Å²) < 4.78 is 5.77. The molecular formula is C25H21ClN2O4. The van der Waals surface area contributed by atoms with Crippen molar-refractivity contribution in [3.8, 4) is 5.75 Å². The zero-order valence-electron chi connectivity index (χ0n) is 17.6. The Labute approximate surface area is 190 Å². The predicted octanol–water partition coefficient (Wildman–Crippen LogP) is 5.57. The van der Waals surface area contributed by atoms with Gasteiger partial charge in [-0.3, -0.25) is 14.4 Å². The van der Waals surface area contributed by atoms with Crippen LogP contribution in [-0.4, -0.2) is 23.8 Å². The number of amides is 3. The van der Waals surface area contributed by atoms with E-state index in [2.05, 4.69) is 5.32 Å². The van der Waals surface area contributed by atoms with E-state index in [1.165, 1.54) is 6.07 Å². The van der Waals surface area contributed by atoms with Gasteiger partial charge in [0.1, 0.15) is 5.75 Å². The maximum absolute atomic E-state index is 12.7. The Morgan fingerprint density at radius 1 is 1.00 bits per heavy atom. The van der Waals surface area contributed by atoms with Crippen molar-refractivity contribution < 1.29 is 19.1 Å². The summed E-state index contributed by atoms with van der Waals surface area (Å²) in [5, 5.41) is 2.97. The van der Waals surface area contributed by atoms with Gasteiger partial charge in [-0.1, -0.05) is 36.7 Å². The summed E-state index contributed by atoms with van der Waals surface area (Å²) in [6.45, 7) is 3.98. The molecule has 4 rings (SSSR count). The van der Waals surface area contributed by atoms with Crippen LogP contribution in [0.15, 0.2) is 66.7 Å². The SMILES string of the molecule is CC[C@H](C)Oc1cccc(C(=O)Nc2ccc(N3C(=O)c4ccccc4C3=O)cc2Cl)c1. The van der Waals surface area contributed by atoms with E-state index in [9.17, 15) is 14.4 Å². The lowest BCUT2D eigenvalue weighted by Crippen LogP contribution is -2.29. The minimum Gasteiger partial charge on any atom is -0.491 e. The van der Waals surface area contributed by atoms with E-state index in [-0.39, 0.29) is 17.0 Å². The molecule has 1 aliphatic heterocycles. The Morgan fingerprint density at radius 3 is 2.31 bits per heavy atom. The molecule has 3 aromatic rings. The molecule has 0 radical (unpaired) electrons. The number of nitrogens with one attached hydrogen (secondary N) is 1. The van der Waals surface area contributed by atoms with E-state index in [1.54, 1.807) is 60.7 Å². The van der Waals surface area contributed by atoms with Crippen LogP contribution in [0.3, 0.4) is 0 Å². The molecule has 1 N–H and O–H groups in total. The summed E-state index contributed by atoms with van der Waals surface area (Å²) in [5.74, 6) is -0.554. The number of fused-ring (bicyclic) bond motifs is 1. The van der Waals surface area contributed by atoms with Crippen LogP contribution in [0.5, 0.6) is 5.75 Å². The third kappa shape index (κ3) is 4.09. The number of benzene rings is 3. The van der Waals surface area contributed by atoms with Gasteiger partial charge in [0.2, 0.25) is 0 Å². The smallest absolute Gasteiger partial charge is 0.266 e. The highest BCUT2D eigenvalue weighted by molar-refractivity contribution is 6.37. The van der Waals surface area contributed by atoms with Crippen molar-refractivity contribution in [2.75, 3.05) is 10.2 Å². The number of halogens is 1. The van der Waals surface area contributed by atoms with Crippen molar-refractivity contribution >= 4 is 40.7 Å². The van der Waals surface area contributed by atoms with Crippen molar-refractivity contribution in [2.24, 2.45) is 0 Å². The van der Waals surface area contributed by atoms with Gasteiger partial charge in [-0.2, -0.15) is 0 Å². The molecule has 0 aromatic heterocycles. The Kier molecular flexibility index (Phi) is 5.97. The normalized spacial score (nSPS) is 13.7. The summed E-state index contributed by atoms with van der Waals surface area (Å²) in [6.07, 6.45) is 0.892. The van der Waals surface area contributed by atoms with Crippen molar-refractivity contribution in [3.63, 3.8) is 0 Å². The highest BCUT2D eigenvalue weighted by Crippen LogP contribution is 2.33. The average Bonchev–Trinajstić information content (AvgIpc) is 3.05. The minimum atomic E-state index is -0.406.